The summed E-state index contributed by atoms with van der Waals surface area (Å²) >= 11 is 11.9. The van der Waals surface area contributed by atoms with Crippen molar-refractivity contribution in [2.24, 2.45) is 0 Å². The van der Waals surface area contributed by atoms with Gasteiger partial charge in [0, 0.05) is 11.3 Å². The van der Waals surface area contributed by atoms with Gasteiger partial charge in [0.1, 0.15) is 0 Å². The lowest BCUT2D eigenvalue weighted by Gasteiger charge is -2.14. The number of nitrogens with one attached hydrogen (secondary N) is 1. The first-order valence-electron chi connectivity index (χ1n) is 7.22. The summed E-state index contributed by atoms with van der Waals surface area (Å²) in [7, 11) is 1.52. The fourth-order valence-corrected chi connectivity index (χ4v) is 2.51. The van der Waals surface area contributed by atoms with Gasteiger partial charge >= 0.3 is 0 Å². The van der Waals surface area contributed by atoms with E-state index < -0.39 is 0 Å². The number of nitrogen functional groups attached to an aromatic ring is 1. The maximum absolute atomic E-state index is 12.4. The molecule has 0 aliphatic heterocycles. The Bertz CT molecular complexity index is 740. The van der Waals surface area contributed by atoms with Gasteiger partial charge in [-0.1, -0.05) is 23.2 Å². The summed E-state index contributed by atoms with van der Waals surface area (Å²) in [5.74, 6) is 0.716. The first-order valence-corrected chi connectivity index (χ1v) is 7.98. The van der Waals surface area contributed by atoms with Crippen LogP contribution < -0.4 is 20.5 Å². The molecule has 0 bridgehead atoms. The van der Waals surface area contributed by atoms with Gasteiger partial charge in [-0.2, -0.15) is 0 Å². The van der Waals surface area contributed by atoms with Gasteiger partial charge in [-0.25, -0.2) is 0 Å². The molecule has 7 heteroatoms. The number of carbonyl (C=O) groups is 1. The maximum Gasteiger partial charge on any atom is 0.255 e. The van der Waals surface area contributed by atoms with E-state index in [1.54, 1.807) is 18.2 Å². The van der Waals surface area contributed by atoms with Crippen LogP contribution >= 0.6 is 23.2 Å². The summed E-state index contributed by atoms with van der Waals surface area (Å²) in [5.41, 5.74) is 6.81. The van der Waals surface area contributed by atoms with Crippen LogP contribution in [0, 0.1) is 0 Å². The maximum atomic E-state index is 12.4. The average Bonchev–Trinajstić information content (AvgIpc) is 2.52. The minimum Gasteiger partial charge on any atom is -0.493 e. The molecule has 1 amide bonds. The predicted octanol–water partition coefficient (Wildman–Crippen LogP) is 4.62. The van der Waals surface area contributed by atoms with Gasteiger partial charge < -0.3 is 20.5 Å². The molecule has 2 aromatic carbocycles. The van der Waals surface area contributed by atoms with E-state index in [0.717, 1.165) is 0 Å². The number of halogens is 2. The van der Waals surface area contributed by atoms with Crippen LogP contribution in [0.25, 0.3) is 0 Å². The zero-order valence-electron chi connectivity index (χ0n) is 13.5. The van der Waals surface area contributed by atoms with E-state index in [-0.39, 0.29) is 27.7 Å². The number of hydrogen-bond acceptors (Lipinski definition) is 4. The van der Waals surface area contributed by atoms with Crippen LogP contribution in [0.1, 0.15) is 24.2 Å². The number of nitrogens with two attached hydrogens (primary N) is 1. The minimum atomic E-state index is -0.332. The van der Waals surface area contributed by atoms with Crippen molar-refractivity contribution in [1.29, 1.82) is 0 Å². The number of benzene rings is 2. The minimum absolute atomic E-state index is 0.00219. The molecule has 0 saturated carbocycles. The van der Waals surface area contributed by atoms with E-state index in [1.165, 1.54) is 19.2 Å². The number of amides is 1. The number of ether oxygens (including phenoxy) is 2. The SMILES string of the molecule is COc1cc(C(=O)Nc2cc(Cl)c(N)c(Cl)c2)ccc1OC(C)C. The van der Waals surface area contributed by atoms with Crippen molar-refractivity contribution in [3.8, 4) is 11.5 Å². The molecule has 0 radical (unpaired) electrons. The number of methoxy groups -OCH3 is 1. The molecule has 128 valence electrons. The topological polar surface area (TPSA) is 73.6 Å². The van der Waals surface area contributed by atoms with Gasteiger partial charge in [0.2, 0.25) is 0 Å². The normalized spacial score (nSPS) is 10.6. The van der Waals surface area contributed by atoms with Gasteiger partial charge in [0.05, 0.1) is 28.9 Å². The standard InChI is InChI=1S/C17H18Cl2N2O3/c1-9(2)24-14-5-4-10(6-15(14)23-3)17(22)21-11-7-12(18)16(20)13(19)8-11/h4-9H,20H2,1-3H3,(H,21,22). The Morgan fingerprint density at radius 1 is 1.12 bits per heavy atom. The number of hydrogen-bond donors (Lipinski definition) is 2. The molecule has 24 heavy (non-hydrogen) atoms. The molecular formula is C17H18Cl2N2O3. The summed E-state index contributed by atoms with van der Waals surface area (Å²) in [6.07, 6.45) is -0.00219. The molecule has 3 N–H and O–H groups in total. The van der Waals surface area contributed by atoms with E-state index in [2.05, 4.69) is 5.32 Å². The summed E-state index contributed by atoms with van der Waals surface area (Å²) in [4.78, 5) is 12.4. The fourth-order valence-electron chi connectivity index (χ4n) is 2.02. The van der Waals surface area contributed by atoms with E-state index in [9.17, 15) is 4.79 Å². The van der Waals surface area contributed by atoms with Gasteiger partial charge in [-0.3, -0.25) is 4.79 Å². The monoisotopic (exact) mass is 368 g/mol. The van der Waals surface area contributed by atoms with Gasteiger partial charge in [-0.05, 0) is 44.2 Å². The first-order chi connectivity index (χ1) is 11.3. The highest BCUT2D eigenvalue weighted by molar-refractivity contribution is 6.39. The van der Waals surface area contributed by atoms with E-state index in [1.807, 2.05) is 13.8 Å². The largest absolute Gasteiger partial charge is 0.493 e. The highest BCUT2D eigenvalue weighted by atomic mass is 35.5. The average molecular weight is 369 g/mol. The smallest absolute Gasteiger partial charge is 0.255 e. The van der Waals surface area contributed by atoms with E-state index in [4.69, 9.17) is 38.4 Å². The van der Waals surface area contributed by atoms with Crippen molar-refractivity contribution in [2.45, 2.75) is 20.0 Å². The second-order valence-electron chi connectivity index (χ2n) is 5.34. The van der Waals surface area contributed by atoms with Crippen LogP contribution in [0.2, 0.25) is 10.0 Å². The van der Waals surface area contributed by atoms with Crippen molar-refractivity contribution >= 4 is 40.5 Å². The van der Waals surface area contributed by atoms with Crippen LogP contribution in [-0.4, -0.2) is 19.1 Å². The summed E-state index contributed by atoms with van der Waals surface area (Å²) in [5, 5.41) is 3.27. The molecule has 0 atom stereocenters. The summed E-state index contributed by atoms with van der Waals surface area (Å²) < 4.78 is 10.9. The second kappa shape index (κ2) is 7.64. The van der Waals surface area contributed by atoms with Crippen molar-refractivity contribution in [3.63, 3.8) is 0 Å². The lowest BCUT2D eigenvalue weighted by Crippen LogP contribution is -2.13. The highest BCUT2D eigenvalue weighted by Gasteiger charge is 2.13. The van der Waals surface area contributed by atoms with Gasteiger partial charge in [0.25, 0.3) is 5.91 Å². The number of carbonyl (C=O) groups excluding carboxylic acids is 1. The van der Waals surface area contributed by atoms with Crippen molar-refractivity contribution < 1.29 is 14.3 Å². The molecular weight excluding hydrogens is 351 g/mol. The van der Waals surface area contributed by atoms with Crippen LogP contribution in [0.15, 0.2) is 30.3 Å². The fraction of sp³-hybridized carbons (Fsp3) is 0.235. The van der Waals surface area contributed by atoms with Crippen molar-refractivity contribution in [2.75, 3.05) is 18.2 Å². The Balaban J connectivity index is 2.24. The molecule has 5 nitrogen and oxygen atoms in total. The van der Waals surface area contributed by atoms with Crippen LogP contribution in [0.3, 0.4) is 0 Å². The molecule has 2 aromatic rings. The van der Waals surface area contributed by atoms with Crippen molar-refractivity contribution in [1.82, 2.24) is 0 Å². The first kappa shape index (κ1) is 18.2. The van der Waals surface area contributed by atoms with Crippen molar-refractivity contribution in [3.05, 3.63) is 45.9 Å². The molecule has 0 aliphatic rings. The zero-order chi connectivity index (χ0) is 17.9. The molecule has 2 rings (SSSR count). The third kappa shape index (κ3) is 4.24. The molecule has 0 unspecified atom stereocenters. The molecule has 0 heterocycles. The van der Waals surface area contributed by atoms with Gasteiger partial charge in [-0.15, -0.1) is 0 Å². The molecule has 0 aliphatic carbocycles. The summed E-state index contributed by atoms with van der Waals surface area (Å²) in [6.45, 7) is 3.82. The zero-order valence-corrected chi connectivity index (χ0v) is 15.0. The predicted molar refractivity (Wildman–Crippen MR) is 97.6 cm³/mol. The summed E-state index contributed by atoms with van der Waals surface area (Å²) in [6, 6.07) is 8.02. The second-order valence-corrected chi connectivity index (χ2v) is 6.15. The van der Waals surface area contributed by atoms with Crippen LogP contribution in [0.5, 0.6) is 11.5 Å². The quantitative estimate of drug-likeness (QED) is 0.754. The Hall–Kier alpha value is -2.11. The lowest BCUT2D eigenvalue weighted by molar-refractivity contribution is 0.102. The van der Waals surface area contributed by atoms with E-state index >= 15 is 0 Å². The Morgan fingerprint density at radius 3 is 2.29 bits per heavy atom. The number of rotatable bonds is 5. The Kier molecular flexibility index (Phi) is 5.80. The highest BCUT2D eigenvalue weighted by Crippen LogP contribution is 2.32. The van der Waals surface area contributed by atoms with Gasteiger partial charge in [0.15, 0.2) is 11.5 Å². The Labute approximate surface area is 150 Å². The third-order valence-corrected chi connectivity index (χ3v) is 3.75. The molecule has 0 aromatic heterocycles. The number of anilines is 2. The molecule has 0 spiro atoms. The van der Waals surface area contributed by atoms with E-state index in [0.29, 0.717) is 22.7 Å². The molecule has 0 saturated heterocycles. The van der Waals surface area contributed by atoms with Crippen LogP contribution in [-0.2, 0) is 0 Å². The van der Waals surface area contributed by atoms with Crippen LogP contribution in [0.4, 0.5) is 11.4 Å². The third-order valence-electron chi connectivity index (χ3n) is 3.13. The lowest BCUT2D eigenvalue weighted by atomic mass is 10.1. The Morgan fingerprint density at radius 2 is 1.75 bits per heavy atom. The molecule has 0 fully saturated rings.